The van der Waals surface area contributed by atoms with Gasteiger partial charge in [0.1, 0.15) is 11.4 Å². The zero-order chi connectivity index (χ0) is 30.1. The minimum absolute atomic E-state index is 0.0285. The first-order valence-corrected chi connectivity index (χ1v) is 15.6. The third kappa shape index (κ3) is 5.72. The van der Waals surface area contributed by atoms with Gasteiger partial charge in [-0.15, -0.1) is 0 Å². The van der Waals surface area contributed by atoms with Gasteiger partial charge in [-0.25, -0.2) is 0 Å². The summed E-state index contributed by atoms with van der Waals surface area (Å²) in [5, 5.41) is 16.8. The van der Waals surface area contributed by atoms with Crippen molar-refractivity contribution in [3.05, 3.63) is 42.0 Å². The Bertz CT molecular complexity index is 1250. The summed E-state index contributed by atoms with van der Waals surface area (Å²) in [7, 11) is 3.79. The molecule has 1 amide bonds. The van der Waals surface area contributed by atoms with Crippen LogP contribution in [0.2, 0.25) is 0 Å². The average molecular weight is 593 g/mol. The molecule has 1 aromatic carbocycles. The molecular weight excluding hydrogens is 548 g/mol. The van der Waals surface area contributed by atoms with Crippen LogP contribution in [0.15, 0.2) is 30.9 Å². The number of nitrogens with zero attached hydrogens (tertiary/aromatic N) is 4. The van der Waals surface area contributed by atoms with Crippen molar-refractivity contribution in [2.75, 3.05) is 46.9 Å². The standard InChI is InChI=1S/C32H44N6O5/c1-4-27(39)38-16-15-37(18-22(38)11-13-33)30-24-10-12-32(17-25-21(19-43-32)7-5-9-26(25)41-3)29(40)28(24)34-31(35-30)42-20-23-8-6-14-36(23)2/h4-5,7,9,22-24,28,30-31,34-35H,1,6,8,10-12,14-20H2,2-3H3/t22?,23?,24?,28?,30?,31?,32-/m1/s1. The van der Waals surface area contributed by atoms with Crippen molar-refractivity contribution in [1.82, 2.24) is 25.3 Å². The number of Topliss-reactive ketones (excluding diaryl/α,β-unsaturated/α-hetero) is 1. The monoisotopic (exact) mass is 592 g/mol. The van der Waals surface area contributed by atoms with Gasteiger partial charge < -0.3 is 24.0 Å². The number of ketones is 1. The van der Waals surface area contributed by atoms with Crippen LogP contribution in [0.25, 0.3) is 0 Å². The third-order valence-corrected chi connectivity index (χ3v) is 10.3. The molecule has 4 aliphatic heterocycles. The van der Waals surface area contributed by atoms with Gasteiger partial charge in [0, 0.05) is 43.6 Å². The number of fused-ring (bicyclic) bond motifs is 2. The maximum Gasteiger partial charge on any atom is 0.246 e. The number of nitrogens with one attached hydrogen (secondary N) is 2. The molecule has 2 N–H and O–H groups in total. The molecule has 6 rings (SSSR count). The quantitative estimate of drug-likeness (QED) is 0.450. The number of ether oxygens (including phenoxy) is 3. The topological polar surface area (TPSA) is 119 Å². The number of benzene rings is 1. The molecule has 0 bridgehead atoms. The summed E-state index contributed by atoms with van der Waals surface area (Å²) in [6.45, 7) is 7.30. The normalized spacial score (nSPS) is 34.8. The van der Waals surface area contributed by atoms with E-state index in [1.54, 1.807) is 12.0 Å². The Labute approximate surface area is 254 Å². The number of rotatable bonds is 7. The van der Waals surface area contributed by atoms with Gasteiger partial charge in [-0.05, 0) is 57.0 Å². The minimum Gasteiger partial charge on any atom is -0.496 e. The molecule has 1 spiro atoms. The van der Waals surface area contributed by atoms with Crippen LogP contribution >= 0.6 is 0 Å². The van der Waals surface area contributed by atoms with E-state index >= 15 is 0 Å². The Kier molecular flexibility index (Phi) is 8.87. The largest absolute Gasteiger partial charge is 0.496 e. The highest BCUT2D eigenvalue weighted by molar-refractivity contribution is 5.94. The first-order chi connectivity index (χ1) is 20.9. The molecule has 4 heterocycles. The molecule has 4 fully saturated rings. The lowest BCUT2D eigenvalue weighted by Gasteiger charge is -2.55. The van der Waals surface area contributed by atoms with Crippen LogP contribution in [0.5, 0.6) is 5.75 Å². The molecule has 43 heavy (non-hydrogen) atoms. The molecule has 0 radical (unpaired) electrons. The molecule has 11 heteroatoms. The lowest BCUT2D eigenvalue weighted by Crippen LogP contribution is -2.75. The van der Waals surface area contributed by atoms with Gasteiger partial charge in [-0.3, -0.25) is 25.1 Å². The van der Waals surface area contributed by atoms with E-state index in [0.717, 1.165) is 42.7 Å². The van der Waals surface area contributed by atoms with Gasteiger partial charge in [-0.1, -0.05) is 18.7 Å². The van der Waals surface area contributed by atoms with Gasteiger partial charge in [0.05, 0.1) is 51.1 Å². The predicted molar refractivity (Wildman–Crippen MR) is 159 cm³/mol. The minimum atomic E-state index is -0.924. The third-order valence-electron chi connectivity index (χ3n) is 10.3. The molecular formula is C32H44N6O5. The maximum absolute atomic E-state index is 14.5. The van der Waals surface area contributed by atoms with Gasteiger partial charge in [-0.2, -0.15) is 5.26 Å². The van der Waals surface area contributed by atoms with Crippen molar-refractivity contribution in [1.29, 1.82) is 5.26 Å². The summed E-state index contributed by atoms with van der Waals surface area (Å²) in [6.07, 6.45) is 4.99. The van der Waals surface area contributed by atoms with Crippen LogP contribution in [0.4, 0.5) is 0 Å². The molecule has 11 nitrogen and oxygen atoms in total. The highest BCUT2D eigenvalue weighted by Gasteiger charge is 2.56. The van der Waals surface area contributed by atoms with Crippen LogP contribution in [-0.2, 0) is 32.1 Å². The summed E-state index contributed by atoms with van der Waals surface area (Å²) >= 11 is 0. The van der Waals surface area contributed by atoms with Crippen molar-refractivity contribution in [2.45, 2.75) is 81.4 Å². The van der Waals surface area contributed by atoms with Crippen molar-refractivity contribution < 1.29 is 23.8 Å². The Morgan fingerprint density at radius 3 is 2.86 bits per heavy atom. The fourth-order valence-electron chi connectivity index (χ4n) is 7.90. The highest BCUT2D eigenvalue weighted by Crippen LogP contribution is 2.44. The molecule has 5 aliphatic rings. The fraction of sp³-hybridized carbons (Fsp3) is 0.656. The predicted octanol–water partition coefficient (Wildman–Crippen LogP) is 1.38. The summed E-state index contributed by atoms with van der Waals surface area (Å²) < 4.78 is 18.6. The molecule has 6 unspecified atom stereocenters. The lowest BCUT2D eigenvalue weighted by molar-refractivity contribution is -0.173. The number of nitriles is 1. The summed E-state index contributed by atoms with van der Waals surface area (Å²) in [6, 6.07) is 7.83. The molecule has 3 saturated heterocycles. The number of methoxy groups -OCH3 is 1. The second kappa shape index (κ2) is 12.6. The average Bonchev–Trinajstić information content (AvgIpc) is 3.45. The molecule has 1 aliphatic carbocycles. The SMILES string of the molecule is C=CC(=O)N1CCN(C2NC(OCC3CCCN3C)NC3C(=O)[C@@]4(CCC32)Cc2c(cccc2OC)CO4)CC1CC#N. The van der Waals surface area contributed by atoms with Crippen LogP contribution in [0.3, 0.4) is 0 Å². The van der Waals surface area contributed by atoms with Crippen molar-refractivity contribution in [2.24, 2.45) is 5.92 Å². The smallest absolute Gasteiger partial charge is 0.246 e. The maximum atomic E-state index is 14.5. The Hall–Kier alpha value is -2.85. The number of carbonyl (C=O) groups excluding carboxylic acids is 2. The van der Waals surface area contributed by atoms with Crippen LogP contribution in [0, 0.1) is 17.2 Å². The van der Waals surface area contributed by atoms with Crippen LogP contribution in [-0.4, -0.2) is 110 Å². The Morgan fingerprint density at radius 2 is 2.12 bits per heavy atom. The van der Waals surface area contributed by atoms with E-state index in [-0.39, 0.29) is 36.2 Å². The number of likely N-dealkylation sites (tertiary alicyclic amines) is 1. The molecule has 232 valence electrons. The van der Waals surface area contributed by atoms with Gasteiger partial charge in [0.2, 0.25) is 5.91 Å². The molecule has 1 aromatic rings. The summed E-state index contributed by atoms with van der Waals surface area (Å²) in [5.41, 5.74) is 1.19. The van der Waals surface area contributed by atoms with Crippen molar-refractivity contribution >= 4 is 11.7 Å². The Morgan fingerprint density at radius 1 is 1.26 bits per heavy atom. The van der Waals surface area contributed by atoms with Crippen molar-refractivity contribution in [3.8, 4) is 11.8 Å². The number of piperazine rings is 1. The van der Waals surface area contributed by atoms with Crippen LogP contribution < -0.4 is 15.4 Å². The van der Waals surface area contributed by atoms with Crippen molar-refractivity contribution in [3.63, 3.8) is 0 Å². The fourth-order valence-corrected chi connectivity index (χ4v) is 7.90. The molecule has 0 aromatic heterocycles. The number of carbonyl (C=O) groups is 2. The molecule has 1 saturated carbocycles. The zero-order valence-electron chi connectivity index (χ0n) is 25.3. The van der Waals surface area contributed by atoms with Crippen LogP contribution in [0.1, 0.15) is 43.2 Å². The van der Waals surface area contributed by atoms with E-state index in [9.17, 15) is 14.9 Å². The van der Waals surface area contributed by atoms with E-state index in [1.807, 2.05) is 18.2 Å². The van der Waals surface area contributed by atoms with E-state index in [0.29, 0.717) is 51.7 Å². The first-order valence-electron chi connectivity index (χ1n) is 15.6. The van der Waals surface area contributed by atoms with E-state index in [1.165, 1.54) is 6.08 Å². The number of hydrogen-bond donors (Lipinski definition) is 2. The second-order valence-electron chi connectivity index (χ2n) is 12.6. The number of likely N-dealkylation sites (N-methyl/N-ethyl adjacent to an activating group) is 1. The van der Waals surface area contributed by atoms with E-state index in [4.69, 9.17) is 14.2 Å². The summed E-state index contributed by atoms with van der Waals surface area (Å²) in [4.78, 5) is 33.5. The van der Waals surface area contributed by atoms with Gasteiger partial charge in [0.25, 0.3) is 0 Å². The van der Waals surface area contributed by atoms with E-state index in [2.05, 4.69) is 40.1 Å². The Balaban J connectivity index is 1.25. The van der Waals surface area contributed by atoms with E-state index < -0.39 is 18.0 Å². The number of amides is 1. The number of hydrogen-bond acceptors (Lipinski definition) is 10. The molecule has 7 atom stereocenters. The lowest BCUT2D eigenvalue weighted by atomic mass is 9.68. The second-order valence-corrected chi connectivity index (χ2v) is 12.6. The van der Waals surface area contributed by atoms with Gasteiger partial charge in [0.15, 0.2) is 12.1 Å². The zero-order valence-corrected chi connectivity index (χ0v) is 25.3. The summed E-state index contributed by atoms with van der Waals surface area (Å²) in [5.74, 6) is 0.674. The highest BCUT2D eigenvalue weighted by atomic mass is 16.5. The first kappa shape index (κ1) is 30.2. The van der Waals surface area contributed by atoms with Gasteiger partial charge >= 0.3 is 0 Å².